The number of nitrogens with one attached hydrogen (secondary N) is 1. The maximum absolute atomic E-state index is 13.7. The van der Waals surface area contributed by atoms with Gasteiger partial charge in [-0.1, -0.05) is 0 Å². The zero-order valence-electron chi connectivity index (χ0n) is 13.7. The first-order valence-corrected chi connectivity index (χ1v) is 7.22. The molecule has 2 aromatic heterocycles. The van der Waals surface area contributed by atoms with Gasteiger partial charge in [0.2, 0.25) is 11.9 Å². The SMILES string of the molecule is Cc1nn(C)c(F)c1C=NNC(=O)CCn1nc(C(F)(F)F)cc1C. The Morgan fingerprint density at radius 2 is 2.04 bits per heavy atom. The highest BCUT2D eigenvalue weighted by Gasteiger charge is 2.34. The molecule has 0 aliphatic heterocycles. The number of amides is 1. The first-order valence-electron chi connectivity index (χ1n) is 7.22. The van der Waals surface area contributed by atoms with E-state index in [4.69, 9.17) is 0 Å². The van der Waals surface area contributed by atoms with Crippen LogP contribution in [-0.2, 0) is 24.6 Å². The summed E-state index contributed by atoms with van der Waals surface area (Å²) in [6.45, 7) is 3.01. The highest BCUT2D eigenvalue weighted by Crippen LogP contribution is 2.28. The van der Waals surface area contributed by atoms with Gasteiger partial charge in [0.25, 0.3) is 0 Å². The lowest BCUT2D eigenvalue weighted by Crippen LogP contribution is -2.20. The number of halogens is 4. The summed E-state index contributed by atoms with van der Waals surface area (Å²) >= 11 is 0. The topological polar surface area (TPSA) is 77.1 Å². The third-order valence-corrected chi connectivity index (χ3v) is 3.40. The van der Waals surface area contributed by atoms with E-state index >= 15 is 0 Å². The zero-order chi connectivity index (χ0) is 18.8. The van der Waals surface area contributed by atoms with Gasteiger partial charge in [0.1, 0.15) is 0 Å². The van der Waals surface area contributed by atoms with E-state index in [0.717, 1.165) is 21.6 Å². The van der Waals surface area contributed by atoms with Crippen LogP contribution in [0.2, 0.25) is 0 Å². The first kappa shape index (κ1) is 18.6. The Morgan fingerprint density at radius 1 is 1.36 bits per heavy atom. The van der Waals surface area contributed by atoms with Crippen LogP contribution in [0.25, 0.3) is 0 Å². The quantitative estimate of drug-likeness (QED) is 0.503. The molecule has 11 heteroatoms. The molecule has 0 aliphatic rings. The van der Waals surface area contributed by atoms with Gasteiger partial charge in [0, 0.05) is 19.2 Å². The van der Waals surface area contributed by atoms with Crippen molar-refractivity contribution in [2.45, 2.75) is 33.0 Å². The standard InChI is InChI=1S/C14H16F4N6O/c1-8-6-11(14(16,17)18)22-24(8)5-4-12(25)20-19-7-10-9(2)21-23(3)13(10)15/h6-7H,4-5H2,1-3H3,(H,20,25). The van der Waals surface area contributed by atoms with Crippen LogP contribution in [-0.4, -0.2) is 31.7 Å². The summed E-state index contributed by atoms with van der Waals surface area (Å²) in [5, 5.41) is 10.9. The highest BCUT2D eigenvalue weighted by molar-refractivity contribution is 5.83. The molecule has 0 spiro atoms. The van der Waals surface area contributed by atoms with Crippen molar-refractivity contribution < 1.29 is 22.4 Å². The summed E-state index contributed by atoms with van der Waals surface area (Å²) in [5.74, 6) is -1.14. The molecule has 0 saturated heterocycles. The number of hydrazone groups is 1. The van der Waals surface area contributed by atoms with Crippen molar-refractivity contribution in [3.05, 3.63) is 34.7 Å². The fourth-order valence-corrected chi connectivity index (χ4v) is 2.10. The average Bonchev–Trinajstić information content (AvgIpc) is 2.99. The molecule has 1 amide bonds. The molecule has 2 rings (SSSR count). The maximum atomic E-state index is 13.7. The Bertz CT molecular complexity index is 805. The normalized spacial score (nSPS) is 12.1. The van der Waals surface area contributed by atoms with Crippen molar-refractivity contribution in [2.24, 2.45) is 12.1 Å². The molecule has 136 valence electrons. The summed E-state index contributed by atoms with van der Waals surface area (Å²) in [6, 6.07) is 0.907. The molecule has 2 heterocycles. The second-order valence-corrected chi connectivity index (χ2v) is 5.35. The lowest BCUT2D eigenvalue weighted by atomic mass is 10.3. The van der Waals surface area contributed by atoms with Crippen LogP contribution in [0.1, 0.15) is 29.1 Å². The maximum Gasteiger partial charge on any atom is 0.435 e. The fourth-order valence-electron chi connectivity index (χ4n) is 2.10. The molecule has 25 heavy (non-hydrogen) atoms. The molecular weight excluding hydrogens is 344 g/mol. The first-order chi connectivity index (χ1) is 11.6. The minimum Gasteiger partial charge on any atom is -0.273 e. The van der Waals surface area contributed by atoms with Crippen LogP contribution < -0.4 is 5.43 Å². The minimum absolute atomic E-state index is 0.0381. The monoisotopic (exact) mass is 360 g/mol. The molecule has 7 nitrogen and oxygen atoms in total. The highest BCUT2D eigenvalue weighted by atomic mass is 19.4. The van der Waals surface area contributed by atoms with E-state index in [1.54, 1.807) is 6.92 Å². The lowest BCUT2D eigenvalue weighted by molar-refractivity contribution is -0.141. The third kappa shape index (κ3) is 4.43. The van der Waals surface area contributed by atoms with Gasteiger partial charge in [-0.15, -0.1) is 0 Å². The molecular formula is C14H16F4N6O. The van der Waals surface area contributed by atoms with Gasteiger partial charge in [0.05, 0.1) is 24.0 Å². The second-order valence-electron chi connectivity index (χ2n) is 5.35. The second kappa shape index (κ2) is 7.03. The number of nitrogens with zero attached hydrogens (tertiary/aromatic N) is 5. The predicted molar refractivity (Wildman–Crippen MR) is 80.2 cm³/mol. The van der Waals surface area contributed by atoms with Crippen molar-refractivity contribution in [3.8, 4) is 0 Å². The number of rotatable bonds is 5. The van der Waals surface area contributed by atoms with Gasteiger partial charge < -0.3 is 0 Å². The zero-order valence-corrected chi connectivity index (χ0v) is 13.7. The Kier molecular flexibility index (Phi) is 5.24. The molecule has 0 atom stereocenters. The van der Waals surface area contributed by atoms with Crippen molar-refractivity contribution in [1.82, 2.24) is 25.0 Å². The summed E-state index contributed by atoms with van der Waals surface area (Å²) in [6.07, 6.45) is -3.55. The van der Waals surface area contributed by atoms with E-state index in [9.17, 15) is 22.4 Å². The average molecular weight is 360 g/mol. The van der Waals surface area contributed by atoms with Crippen molar-refractivity contribution in [3.63, 3.8) is 0 Å². The van der Waals surface area contributed by atoms with Crippen LogP contribution in [0.4, 0.5) is 17.6 Å². The van der Waals surface area contributed by atoms with Gasteiger partial charge in [-0.2, -0.15) is 32.9 Å². The molecule has 0 aliphatic carbocycles. The molecule has 0 bridgehead atoms. The van der Waals surface area contributed by atoms with E-state index < -0.39 is 23.7 Å². The van der Waals surface area contributed by atoms with Crippen molar-refractivity contribution in [2.75, 3.05) is 0 Å². The van der Waals surface area contributed by atoms with E-state index in [1.165, 1.54) is 14.0 Å². The number of alkyl halides is 3. The fraction of sp³-hybridized carbons (Fsp3) is 0.429. The van der Waals surface area contributed by atoms with Gasteiger partial charge in [-0.3, -0.25) is 9.48 Å². The van der Waals surface area contributed by atoms with E-state index in [1.807, 2.05) is 0 Å². The Balaban J connectivity index is 1.91. The number of aryl methyl sites for hydroxylation is 4. The smallest absolute Gasteiger partial charge is 0.273 e. The number of hydrogen-bond donors (Lipinski definition) is 1. The Hall–Kier alpha value is -2.72. The van der Waals surface area contributed by atoms with Crippen molar-refractivity contribution >= 4 is 12.1 Å². The van der Waals surface area contributed by atoms with Crippen LogP contribution in [0.5, 0.6) is 0 Å². The van der Waals surface area contributed by atoms with Crippen LogP contribution in [0.15, 0.2) is 11.2 Å². The van der Waals surface area contributed by atoms with Crippen molar-refractivity contribution in [1.29, 1.82) is 0 Å². The third-order valence-electron chi connectivity index (χ3n) is 3.40. The molecule has 0 fully saturated rings. The van der Waals surface area contributed by atoms with Crippen LogP contribution in [0.3, 0.4) is 0 Å². The van der Waals surface area contributed by atoms with E-state index in [2.05, 4.69) is 20.7 Å². The molecule has 1 N–H and O–H groups in total. The Labute approximate surface area is 140 Å². The van der Waals surface area contributed by atoms with E-state index in [-0.39, 0.29) is 24.2 Å². The summed E-state index contributed by atoms with van der Waals surface area (Å²) < 4.78 is 53.5. The number of carbonyl (C=O) groups is 1. The Morgan fingerprint density at radius 3 is 2.56 bits per heavy atom. The number of hydrogen-bond acceptors (Lipinski definition) is 4. The molecule has 0 radical (unpaired) electrons. The predicted octanol–water partition coefficient (Wildman–Crippen LogP) is 1.93. The van der Waals surface area contributed by atoms with E-state index in [0.29, 0.717) is 5.69 Å². The van der Waals surface area contributed by atoms with Gasteiger partial charge in [-0.05, 0) is 19.9 Å². The molecule has 0 aromatic carbocycles. The number of carbonyl (C=O) groups excluding carboxylic acids is 1. The van der Waals surface area contributed by atoms with Gasteiger partial charge >= 0.3 is 6.18 Å². The van der Waals surface area contributed by atoms with Gasteiger partial charge in [-0.25, -0.2) is 10.1 Å². The largest absolute Gasteiger partial charge is 0.435 e. The molecule has 0 saturated carbocycles. The summed E-state index contributed by atoms with van der Waals surface area (Å²) in [7, 11) is 1.43. The molecule has 0 unspecified atom stereocenters. The van der Waals surface area contributed by atoms with Crippen LogP contribution in [0, 0.1) is 19.8 Å². The van der Waals surface area contributed by atoms with Crippen LogP contribution >= 0.6 is 0 Å². The minimum atomic E-state index is -4.53. The summed E-state index contributed by atoms with van der Waals surface area (Å²) in [5.41, 5.74) is 2.01. The van der Waals surface area contributed by atoms with Gasteiger partial charge in [0.15, 0.2) is 5.69 Å². The summed E-state index contributed by atoms with van der Waals surface area (Å²) in [4.78, 5) is 11.7. The lowest BCUT2D eigenvalue weighted by Gasteiger charge is -2.04. The molecule has 2 aromatic rings. The number of aromatic nitrogens is 4.